The molecular formula is C30H32F3N9O2. The SMILES string of the molecule is C=CC(=O)N1CCN(c2nc(N3CCN4CCC[C@H]4C3)nc3c(=O)n(-c4cccc(C)c4C(F)(F)F)ncc23)C[C@@H]1CC#N. The lowest BCUT2D eigenvalue weighted by Gasteiger charge is -2.41. The van der Waals surface area contributed by atoms with Crippen molar-refractivity contribution in [3.05, 3.63) is 58.5 Å². The van der Waals surface area contributed by atoms with E-state index in [9.17, 15) is 28.0 Å². The normalized spacial score (nSPS) is 20.9. The largest absolute Gasteiger partial charge is 0.418 e. The summed E-state index contributed by atoms with van der Waals surface area (Å²) in [5.41, 5.74) is -2.20. The molecule has 0 bridgehead atoms. The smallest absolute Gasteiger partial charge is 0.352 e. The third-order valence-electron chi connectivity index (χ3n) is 8.81. The van der Waals surface area contributed by atoms with Crippen molar-refractivity contribution in [2.24, 2.45) is 0 Å². The van der Waals surface area contributed by atoms with Gasteiger partial charge in [0.1, 0.15) is 11.3 Å². The van der Waals surface area contributed by atoms with E-state index < -0.39 is 23.3 Å². The van der Waals surface area contributed by atoms with Crippen LogP contribution in [0.2, 0.25) is 0 Å². The Morgan fingerprint density at radius 2 is 1.93 bits per heavy atom. The van der Waals surface area contributed by atoms with Crippen LogP contribution in [0, 0.1) is 18.3 Å². The molecule has 3 aliphatic rings. The molecule has 1 amide bonds. The van der Waals surface area contributed by atoms with Gasteiger partial charge in [-0.2, -0.15) is 33.2 Å². The first kappa shape index (κ1) is 29.6. The number of anilines is 2. The van der Waals surface area contributed by atoms with E-state index in [2.05, 4.69) is 27.6 Å². The number of fused-ring (bicyclic) bond motifs is 2. The molecule has 3 aliphatic heterocycles. The number of piperazine rings is 2. The van der Waals surface area contributed by atoms with E-state index in [0.717, 1.165) is 30.6 Å². The first-order valence-electron chi connectivity index (χ1n) is 14.6. The van der Waals surface area contributed by atoms with Gasteiger partial charge in [0.05, 0.1) is 41.4 Å². The lowest BCUT2D eigenvalue weighted by Crippen LogP contribution is -2.55. The molecule has 6 rings (SSSR count). The van der Waals surface area contributed by atoms with Crippen molar-refractivity contribution in [2.75, 3.05) is 55.6 Å². The van der Waals surface area contributed by atoms with Gasteiger partial charge >= 0.3 is 6.18 Å². The molecule has 14 heteroatoms. The summed E-state index contributed by atoms with van der Waals surface area (Å²) < 4.78 is 43.2. The first-order chi connectivity index (χ1) is 21.1. The number of rotatable bonds is 5. The molecule has 2 atom stereocenters. The molecule has 44 heavy (non-hydrogen) atoms. The van der Waals surface area contributed by atoms with Crippen molar-refractivity contribution < 1.29 is 18.0 Å². The fourth-order valence-corrected chi connectivity index (χ4v) is 6.66. The number of hydrogen-bond acceptors (Lipinski definition) is 9. The third-order valence-corrected chi connectivity index (χ3v) is 8.81. The molecule has 0 spiro atoms. The molecular weight excluding hydrogens is 575 g/mol. The lowest BCUT2D eigenvalue weighted by atomic mass is 10.1. The van der Waals surface area contributed by atoms with Crippen molar-refractivity contribution in [3.63, 3.8) is 0 Å². The molecule has 2 aromatic heterocycles. The molecule has 5 heterocycles. The van der Waals surface area contributed by atoms with Gasteiger partial charge < -0.3 is 14.7 Å². The summed E-state index contributed by atoms with van der Waals surface area (Å²) in [5.74, 6) is 0.427. The van der Waals surface area contributed by atoms with E-state index in [-0.39, 0.29) is 41.0 Å². The van der Waals surface area contributed by atoms with E-state index >= 15 is 0 Å². The van der Waals surface area contributed by atoms with Crippen molar-refractivity contribution in [3.8, 4) is 11.8 Å². The highest BCUT2D eigenvalue weighted by Gasteiger charge is 2.37. The number of carbonyl (C=O) groups excluding carboxylic acids is 1. The Morgan fingerprint density at radius 3 is 2.68 bits per heavy atom. The number of amides is 1. The molecule has 0 radical (unpaired) electrons. The van der Waals surface area contributed by atoms with Crippen LogP contribution in [0.25, 0.3) is 16.6 Å². The fraction of sp³-hybridized carbons (Fsp3) is 0.467. The van der Waals surface area contributed by atoms with E-state index in [4.69, 9.17) is 4.98 Å². The molecule has 0 unspecified atom stereocenters. The number of alkyl halides is 3. The Labute approximate surface area is 251 Å². The number of benzene rings is 1. The minimum Gasteiger partial charge on any atom is -0.352 e. The van der Waals surface area contributed by atoms with Gasteiger partial charge in [-0.15, -0.1) is 0 Å². The van der Waals surface area contributed by atoms with E-state index in [1.54, 1.807) is 4.90 Å². The van der Waals surface area contributed by atoms with E-state index in [1.165, 1.54) is 37.4 Å². The van der Waals surface area contributed by atoms with Crippen molar-refractivity contribution in [2.45, 2.75) is 44.4 Å². The van der Waals surface area contributed by atoms with Gasteiger partial charge in [-0.05, 0) is 44.0 Å². The fourth-order valence-electron chi connectivity index (χ4n) is 6.66. The average Bonchev–Trinajstić information content (AvgIpc) is 3.48. The zero-order valence-corrected chi connectivity index (χ0v) is 24.3. The highest BCUT2D eigenvalue weighted by molar-refractivity contribution is 5.90. The summed E-state index contributed by atoms with van der Waals surface area (Å²) in [5, 5.41) is 14.0. The van der Waals surface area contributed by atoms with E-state index in [0.29, 0.717) is 44.0 Å². The predicted molar refractivity (Wildman–Crippen MR) is 158 cm³/mol. The molecule has 3 saturated heterocycles. The van der Waals surface area contributed by atoms with Crippen LogP contribution >= 0.6 is 0 Å². The summed E-state index contributed by atoms with van der Waals surface area (Å²) in [6.07, 6.45) is 0.0505. The van der Waals surface area contributed by atoms with Crippen LogP contribution in [0.4, 0.5) is 24.9 Å². The van der Waals surface area contributed by atoms with Crippen molar-refractivity contribution in [1.29, 1.82) is 5.26 Å². The van der Waals surface area contributed by atoms with Gasteiger partial charge in [0.2, 0.25) is 11.9 Å². The summed E-state index contributed by atoms with van der Waals surface area (Å²) in [4.78, 5) is 44.0. The number of aryl methyl sites for hydroxylation is 1. The standard InChI is InChI=1S/C30H32F3N9O2/c1-3-24(43)41-15-14-39(18-21(41)9-10-34)27-22-16-35-42(23-8-4-6-19(2)25(23)30(31,32)33)28(44)26(22)36-29(37-27)40-13-12-38-11-5-7-20(38)17-40/h3-4,6,8,16,20-21H,1,5,7,9,11-15,17-18H2,2H3/t20-,21-/m0/s1. The van der Waals surface area contributed by atoms with Crippen LogP contribution < -0.4 is 15.4 Å². The zero-order chi connectivity index (χ0) is 31.2. The molecule has 0 N–H and O–H groups in total. The number of nitrogens with zero attached hydrogens (tertiary/aromatic N) is 9. The van der Waals surface area contributed by atoms with Crippen LogP contribution in [-0.2, 0) is 11.0 Å². The molecule has 0 aliphatic carbocycles. The minimum atomic E-state index is -4.71. The predicted octanol–water partition coefficient (Wildman–Crippen LogP) is 2.90. The highest BCUT2D eigenvalue weighted by Crippen LogP contribution is 2.36. The van der Waals surface area contributed by atoms with Crippen LogP contribution in [0.3, 0.4) is 0 Å². The molecule has 0 saturated carbocycles. The maximum atomic E-state index is 14.1. The van der Waals surface area contributed by atoms with Crippen LogP contribution in [-0.4, -0.2) is 93.4 Å². The average molecular weight is 608 g/mol. The number of hydrogen-bond donors (Lipinski definition) is 0. The second kappa shape index (κ2) is 11.5. The quantitative estimate of drug-likeness (QED) is 0.404. The van der Waals surface area contributed by atoms with Gasteiger partial charge in [-0.25, -0.2) is 4.98 Å². The number of nitriles is 1. The third kappa shape index (κ3) is 5.25. The topological polar surface area (TPSA) is 114 Å². The number of aromatic nitrogens is 4. The van der Waals surface area contributed by atoms with Crippen LogP contribution in [0.1, 0.15) is 30.4 Å². The molecule has 1 aromatic carbocycles. The van der Waals surface area contributed by atoms with Gasteiger partial charge in [-0.1, -0.05) is 18.7 Å². The molecule has 11 nitrogen and oxygen atoms in total. The van der Waals surface area contributed by atoms with Gasteiger partial charge in [-0.3, -0.25) is 14.5 Å². The Morgan fingerprint density at radius 1 is 1.14 bits per heavy atom. The van der Waals surface area contributed by atoms with Gasteiger partial charge in [0, 0.05) is 45.3 Å². The molecule has 3 aromatic rings. The Bertz CT molecular complexity index is 1720. The molecule has 230 valence electrons. The van der Waals surface area contributed by atoms with Gasteiger partial charge in [0.15, 0.2) is 0 Å². The first-order valence-corrected chi connectivity index (χ1v) is 14.6. The number of carbonyl (C=O) groups is 1. The van der Waals surface area contributed by atoms with Gasteiger partial charge in [0.25, 0.3) is 5.56 Å². The summed E-state index contributed by atoms with van der Waals surface area (Å²) in [6, 6.07) is 6.03. The summed E-state index contributed by atoms with van der Waals surface area (Å²) in [6.45, 7) is 8.96. The van der Waals surface area contributed by atoms with Crippen molar-refractivity contribution in [1.82, 2.24) is 29.5 Å². The molecule has 3 fully saturated rings. The maximum Gasteiger partial charge on any atom is 0.418 e. The Hall–Kier alpha value is -4.51. The zero-order valence-electron chi connectivity index (χ0n) is 24.3. The number of halogens is 3. The lowest BCUT2D eigenvalue weighted by molar-refractivity contribution is -0.138. The summed E-state index contributed by atoms with van der Waals surface area (Å²) >= 11 is 0. The highest BCUT2D eigenvalue weighted by atomic mass is 19.4. The Kier molecular flexibility index (Phi) is 7.75. The van der Waals surface area contributed by atoms with Crippen molar-refractivity contribution >= 4 is 28.6 Å². The maximum absolute atomic E-state index is 14.1. The second-order valence-corrected chi connectivity index (χ2v) is 11.4. The minimum absolute atomic E-state index is 0.0298. The van der Waals surface area contributed by atoms with Crippen LogP contribution in [0.15, 0.2) is 41.8 Å². The van der Waals surface area contributed by atoms with E-state index in [1.807, 2.05) is 9.80 Å². The van der Waals surface area contributed by atoms with Crippen LogP contribution in [0.5, 0.6) is 0 Å². The Balaban J connectivity index is 1.50. The monoisotopic (exact) mass is 607 g/mol. The second-order valence-electron chi connectivity index (χ2n) is 11.4. The summed E-state index contributed by atoms with van der Waals surface area (Å²) in [7, 11) is 0.